The molecule has 0 atom stereocenters. The van der Waals surface area contributed by atoms with Gasteiger partial charge in [0, 0.05) is 24.5 Å². The summed E-state index contributed by atoms with van der Waals surface area (Å²) in [4.78, 5) is 14.1. The van der Waals surface area contributed by atoms with Crippen LogP contribution in [0.2, 0.25) is 0 Å². The van der Waals surface area contributed by atoms with Gasteiger partial charge in [0.2, 0.25) is 5.91 Å². The Morgan fingerprint density at radius 2 is 1.77 bits per heavy atom. The van der Waals surface area contributed by atoms with Crippen LogP contribution in [0.4, 0.5) is 0 Å². The van der Waals surface area contributed by atoms with Crippen LogP contribution in [-0.4, -0.2) is 17.9 Å². The van der Waals surface area contributed by atoms with Gasteiger partial charge in [0.05, 0.1) is 0 Å². The van der Waals surface area contributed by atoms with E-state index in [1.165, 1.54) is 16.7 Å². The molecule has 0 fully saturated rings. The van der Waals surface area contributed by atoms with Crippen molar-refractivity contribution in [1.82, 2.24) is 4.90 Å². The molecule has 2 nitrogen and oxygen atoms in total. The van der Waals surface area contributed by atoms with Gasteiger partial charge in [0.1, 0.15) is 0 Å². The first-order valence-electron chi connectivity index (χ1n) is 7.50. The summed E-state index contributed by atoms with van der Waals surface area (Å²) >= 11 is 3.42. The number of carbonyl (C=O) groups excluding carboxylic acids is 1. The minimum absolute atomic E-state index is 0.183. The Balaban J connectivity index is 1.89. The van der Waals surface area contributed by atoms with Crippen LogP contribution in [0.3, 0.4) is 0 Å². The Labute approximate surface area is 141 Å². The molecule has 0 aromatic heterocycles. The van der Waals surface area contributed by atoms with Gasteiger partial charge in [-0.2, -0.15) is 0 Å². The highest BCUT2D eigenvalue weighted by Gasteiger charge is 2.10. The zero-order valence-electron chi connectivity index (χ0n) is 13.4. The van der Waals surface area contributed by atoms with Gasteiger partial charge in [0.15, 0.2) is 0 Å². The summed E-state index contributed by atoms with van der Waals surface area (Å²) in [6.07, 6.45) is 1.35. The third-order valence-electron chi connectivity index (χ3n) is 3.87. The molecule has 0 radical (unpaired) electrons. The molecule has 0 heterocycles. The fourth-order valence-electron chi connectivity index (χ4n) is 2.51. The molecule has 3 heteroatoms. The van der Waals surface area contributed by atoms with E-state index in [0.717, 1.165) is 16.5 Å². The van der Waals surface area contributed by atoms with Crippen molar-refractivity contribution in [3.63, 3.8) is 0 Å². The third kappa shape index (κ3) is 4.70. The predicted octanol–water partition coefficient (Wildman–Crippen LogP) is 4.66. The van der Waals surface area contributed by atoms with Gasteiger partial charge in [-0.05, 0) is 49.1 Å². The van der Waals surface area contributed by atoms with Gasteiger partial charge in [-0.15, -0.1) is 0 Å². The van der Waals surface area contributed by atoms with Crippen molar-refractivity contribution in [3.05, 3.63) is 69.2 Å². The Bertz CT molecular complexity index is 649. The maximum absolute atomic E-state index is 12.3. The molecule has 0 saturated heterocycles. The van der Waals surface area contributed by atoms with Gasteiger partial charge in [-0.1, -0.05) is 51.8 Å². The van der Waals surface area contributed by atoms with E-state index in [9.17, 15) is 4.79 Å². The molecule has 0 bridgehead atoms. The summed E-state index contributed by atoms with van der Waals surface area (Å²) in [6, 6.07) is 14.5. The van der Waals surface area contributed by atoms with Crippen molar-refractivity contribution in [2.45, 2.75) is 33.2 Å². The number of nitrogens with zero attached hydrogens (tertiary/aromatic N) is 1. The Morgan fingerprint density at radius 1 is 1.09 bits per heavy atom. The lowest BCUT2D eigenvalue weighted by molar-refractivity contribution is -0.130. The van der Waals surface area contributed by atoms with Crippen molar-refractivity contribution in [3.8, 4) is 0 Å². The summed E-state index contributed by atoms with van der Waals surface area (Å²) in [5.41, 5.74) is 4.94. The van der Waals surface area contributed by atoms with E-state index in [2.05, 4.69) is 48.0 Å². The molecule has 0 N–H and O–H groups in total. The van der Waals surface area contributed by atoms with Gasteiger partial charge in [-0.3, -0.25) is 4.79 Å². The molecular formula is C19H22BrNO. The van der Waals surface area contributed by atoms with E-state index in [1.54, 1.807) is 4.90 Å². The number of hydrogen-bond acceptors (Lipinski definition) is 1. The van der Waals surface area contributed by atoms with Gasteiger partial charge >= 0.3 is 0 Å². The number of benzene rings is 2. The Hall–Kier alpha value is -1.61. The smallest absolute Gasteiger partial charge is 0.222 e. The highest BCUT2D eigenvalue weighted by Crippen LogP contribution is 2.15. The van der Waals surface area contributed by atoms with Crippen LogP contribution in [0.25, 0.3) is 0 Å². The summed E-state index contributed by atoms with van der Waals surface area (Å²) < 4.78 is 1.06. The third-order valence-corrected chi connectivity index (χ3v) is 4.39. The largest absolute Gasteiger partial charge is 0.341 e. The molecule has 1 amide bonds. The average Bonchev–Trinajstić information content (AvgIpc) is 2.48. The van der Waals surface area contributed by atoms with E-state index in [-0.39, 0.29) is 5.91 Å². The molecule has 0 saturated carbocycles. The zero-order valence-corrected chi connectivity index (χ0v) is 15.0. The summed E-state index contributed by atoms with van der Waals surface area (Å²) in [5.74, 6) is 0.183. The maximum Gasteiger partial charge on any atom is 0.222 e. The Kier molecular flexibility index (Phi) is 5.78. The van der Waals surface area contributed by atoms with E-state index < -0.39 is 0 Å². The number of aryl methyl sites for hydroxylation is 3. The first kappa shape index (κ1) is 16.8. The standard InChI is InChI=1S/C19H22BrNO/c1-14-4-7-17(15(2)12-14)8-11-19(22)21(3)13-16-5-9-18(20)10-6-16/h4-7,9-10,12H,8,11,13H2,1-3H3. The number of rotatable bonds is 5. The van der Waals surface area contributed by atoms with Crippen molar-refractivity contribution < 1.29 is 4.79 Å². The quantitative estimate of drug-likeness (QED) is 0.760. The molecule has 22 heavy (non-hydrogen) atoms. The van der Waals surface area contributed by atoms with Crippen molar-refractivity contribution in [2.24, 2.45) is 0 Å². The Morgan fingerprint density at radius 3 is 2.41 bits per heavy atom. The van der Waals surface area contributed by atoms with Crippen LogP contribution < -0.4 is 0 Å². The molecule has 0 aliphatic carbocycles. The normalized spacial score (nSPS) is 10.5. The van der Waals surface area contributed by atoms with Crippen LogP contribution in [0.1, 0.15) is 28.7 Å². The van der Waals surface area contributed by atoms with Crippen LogP contribution >= 0.6 is 15.9 Å². The maximum atomic E-state index is 12.3. The molecule has 2 aromatic rings. The molecule has 0 aliphatic rings. The topological polar surface area (TPSA) is 20.3 Å². The second-order valence-electron chi connectivity index (χ2n) is 5.81. The van der Waals surface area contributed by atoms with Crippen molar-refractivity contribution in [1.29, 1.82) is 0 Å². The number of carbonyl (C=O) groups is 1. The predicted molar refractivity (Wildman–Crippen MR) is 94.9 cm³/mol. The molecule has 116 valence electrons. The molecule has 2 rings (SSSR count). The second kappa shape index (κ2) is 7.59. The summed E-state index contributed by atoms with van der Waals surface area (Å²) in [7, 11) is 1.87. The summed E-state index contributed by atoms with van der Waals surface area (Å²) in [5, 5.41) is 0. The van der Waals surface area contributed by atoms with Crippen molar-refractivity contribution >= 4 is 21.8 Å². The summed E-state index contributed by atoms with van der Waals surface area (Å²) in [6.45, 7) is 4.85. The zero-order chi connectivity index (χ0) is 16.1. The van der Waals surface area contributed by atoms with E-state index in [4.69, 9.17) is 0 Å². The van der Waals surface area contributed by atoms with E-state index >= 15 is 0 Å². The lowest BCUT2D eigenvalue weighted by Gasteiger charge is -2.18. The van der Waals surface area contributed by atoms with Gasteiger partial charge in [-0.25, -0.2) is 0 Å². The minimum Gasteiger partial charge on any atom is -0.341 e. The molecular weight excluding hydrogens is 338 g/mol. The van der Waals surface area contributed by atoms with Gasteiger partial charge in [0.25, 0.3) is 0 Å². The number of hydrogen-bond donors (Lipinski definition) is 0. The fraction of sp³-hybridized carbons (Fsp3) is 0.316. The highest BCUT2D eigenvalue weighted by molar-refractivity contribution is 9.10. The average molecular weight is 360 g/mol. The minimum atomic E-state index is 0.183. The van der Waals surface area contributed by atoms with Crippen LogP contribution in [0, 0.1) is 13.8 Å². The SMILES string of the molecule is Cc1ccc(CCC(=O)N(C)Cc2ccc(Br)cc2)c(C)c1. The van der Waals surface area contributed by atoms with E-state index in [1.807, 2.05) is 31.3 Å². The first-order chi connectivity index (χ1) is 10.5. The number of amides is 1. The molecule has 0 unspecified atom stereocenters. The fourth-order valence-corrected chi connectivity index (χ4v) is 2.77. The molecule has 0 aliphatic heterocycles. The molecule has 0 spiro atoms. The first-order valence-corrected chi connectivity index (χ1v) is 8.29. The highest BCUT2D eigenvalue weighted by atomic mass is 79.9. The van der Waals surface area contributed by atoms with Crippen LogP contribution in [0.15, 0.2) is 46.9 Å². The second-order valence-corrected chi connectivity index (χ2v) is 6.72. The number of halogens is 1. The van der Waals surface area contributed by atoms with E-state index in [0.29, 0.717) is 13.0 Å². The van der Waals surface area contributed by atoms with Crippen LogP contribution in [0.5, 0.6) is 0 Å². The van der Waals surface area contributed by atoms with Crippen molar-refractivity contribution in [2.75, 3.05) is 7.05 Å². The lowest BCUT2D eigenvalue weighted by atomic mass is 10.0. The van der Waals surface area contributed by atoms with Crippen LogP contribution in [-0.2, 0) is 17.8 Å². The van der Waals surface area contributed by atoms with Gasteiger partial charge < -0.3 is 4.90 Å². The lowest BCUT2D eigenvalue weighted by Crippen LogP contribution is -2.26. The monoisotopic (exact) mass is 359 g/mol. The molecule has 2 aromatic carbocycles.